The van der Waals surface area contributed by atoms with Gasteiger partial charge in [-0.15, -0.1) is 0 Å². The van der Waals surface area contributed by atoms with Gasteiger partial charge in [-0.2, -0.15) is 0 Å². The van der Waals surface area contributed by atoms with Crippen LogP contribution in [0.25, 0.3) is 6.08 Å². The van der Waals surface area contributed by atoms with Crippen LogP contribution < -0.4 is 18.9 Å². The lowest BCUT2D eigenvalue weighted by atomic mass is 10.1. The van der Waals surface area contributed by atoms with Crippen molar-refractivity contribution in [3.8, 4) is 23.0 Å². The van der Waals surface area contributed by atoms with Crippen molar-refractivity contribution in [2.75, 3.05) is 52.7 Å². The maximum Gasteiger partial charge on any atom is 0.260 e. The Bertz CT molecular complexity index is 1110. The Kier molecular flexibility index (Phi) is 5.89. The molecule has 172 valence electrons. The van der Waals surface area contributed by atoms with Crippen LogP contribution in [0.15, 0.2) is 42.2 Å². The Morgan fingerprint density at radius 3 is 2.67 bits per heavy atom. The molecule has 9 heteroatoms. The minimum absolute atomic E-state index is 0.0906. The molecule has 3 aliphatic heterocycles. The molecule has 2 aromatic rings. The number of rotatable bonds is 6. The van der Waals surface area contributed by atoms with Crippen LogP contribution in [0.3, 0.4) is 0 Å². The molecule has 0 spiro atoms. The number of aliphatic hydroxyl groups excluding tert-OH is 1. The number of ketones is 1. The number of piperazine rings is 1. The predicted molar refractivity (Wildman–Crippen MR) is 118 cm³/mol. The Hall–Kier alpha value is -3.56. The number of benzene rings is 2. The van der Waals surface area contributed by atoms with Crippen LogP contribution in [0.1, 0.15) is 15.9 Å². The molecule has 1 fully saturated rings. The van der Waals surface area contributed by atoms with E-state index < -0.39 is 0 Å². The van der Waals surface area contributed by atoms with E-state index in [9.17, 15) is 9.59 Å². The molecule has 0 atom stereocenters. The Balaban J connectivity index is 1.20. The second-order valence-corrected chi connectivity index (χ2v) is 7.95. The number of carbonyl (C=O) groups excluding carboxylic acids is 2. The first-order valence-electron chi connectivity index (χ1n) is 10.8. The third-order valence-corrected chi connectivity index (χ3v) is 5.84. The Labute approximate surface area is 190 Å². The van der Waals surface area contributed by atoms with E-state index in [1.54, 1.807) is 41.3 Å². The number of carbonyl (C=O) groups is 2. The zero-order valence-electron chi connectivity index (χ0n) is 18.0. The summed E-state index contributed by atoms with van der Waals surface area (Å²) in [6, 6.07) is 10.3. The molecular formula is C24H24N2O7. The monoisotopic (exact) mass is 452 g/mol. The average Bonchev–Trinajstić information content (AvgIpc) is 3.42. The lowest BCUT2D eigenvalue weighted by Crippen LogP contribution is -2.50. The smallest absolute Gasteiger partial charge is 0.260 e. The standard InChI is InChI=1S/C24H24N2O7/c27-10-9-25-5-7-26(8-6-25)23(28)14-30-17-2-3-18-20(13-17)33-22(24(18)29)12-16-1-4-19-21(11-16)32-15-31-19/h1-4,11-13,27H,5-10,14-15H2. The summed E-state index contributed by atoms with van der Waals surface area (Å²) in [5, 5.41) is 9.02. The van der Waals surface area contributed by atoms with E-state index in [4.69, 9.17) is 24.1 Å². The Morgan fingerprint density at radius 1 is 1.03 bits per heavy atom. The van der Waals surface area contributed by atoms with Crippen molar-refractivity contribution in [3.63, 3.8) is 0 Å². The highest BCUT2D eigenvalue weighted by molar-refractivity contribution is 6.14. The minimum Gasteiger partial charge on any atom is -0.484 e. The van der Waals surface area contributed by atoms with E-state index in [1.165, 1.54) is 0 Å². The maximum absolute atomic E-state index is 12.7. The van der Waals surface area contributed by atoms with Crippen molar-refractivity contribution < 1.29 is 33.6 Å². The molecule has 0 aromatic heterocycles. The van der Waals surface area contributed by atoms with Gasteiger partial charge in [-0.1, -0.05) is 6.07 Å². The van der Waals surface area contributed by atoms with E-state index in [0.717, 1.165) is 18.7 Å². The molecule has 0 saturated carbocycles. The van der Waals surface area contributed by atoms with Crippen molar-refractivity contribution >= 4 is 17.8 Å². The molecule has 3 aliphatic rings. The van der Waals surface area contributed by atoms with Gasteiger partial charge in [-0.25, -0.2) is 0 Å². The highest BCUT2D eigenvalue weighted by Crippen LogP contribution is 2.37. The van der Waals surface area contributed by atoms with Gasteiger partial charge in [0.2, 0.25) is 12.6 Å². The van der Waals surface area contributed by atoms with Crippen molar-refractivity contribution in [3.05, 3.63) is 53.3 Å². The number of allylic oxidation sites excluding steroid dienone is 1. The fraction of sp³-hybridized carbons (Fsp3) is 0.333. The van der Waals surface area contributed by atoms with Gasteiger partial charge < -0.3 is 29.0 Å². The topological polar surface area (TPSA) is 97.8 Å². The average molecular weight is 452 g/mol. The lowest BCUT2D eigenvalue weighted by molar-refractivity contribution is -0.135. The first kappa shape index (κ1) is 21.3. The van der Waals surface area contributed by atoms with E-state index in [-0.39, 0.29) is 37.5 Å². The SMILES string of the molecule is O=C1C(=Cc2ccc3c(c2)OCO3)Oc2cc(OCC(=O)N3CCN(CCO)CC3)ccc21. The maximum atomic E-state index is 12.7. The highest BCUT2D eigenvalue weighted by Gasteiger charge is 2.28. The number of fused-ring (bicyclic) bond motifs is 2. The first-order valence-corrected chi connectivity index (χ1v) is 10.8. The van der Waals surface area contributed by atoms with E-state index in [2.05, 4.69) is 4.90 Å². The molecule has 5 rings (SSSR count). The van der Waals surface area contributed by atoms with Gasteiger partial charge in [0.05, 0.1) is 12.2 Å². The van der Waals surface area contributed by atoms with Crippen LogP contribution in [-0.2, 0) is 4.79 Å². The molecule has 1 amide bonds. The third-order valence-electron chi connectivity index (χ3n) is 5.84. The largest absolute Gasteiger partial charge is 0.484 e. The number of hydrogen-bond donors (Lipinski definition) is 1. The predicted octanol–water partition coefficient (Wildman–Crippen LogP) is 1.55. The molecule has 0 unspecified atom stereocenters. The molecule has 33 heavy (non-hydrogen) atoms. The summed E-state index contributed by atoms with van der Waals surface area (Å²) in [6.07, 6.45) is 1.66. The fourth-order valence-corrected chi connectivity index (χ4v) is 4.01. The van der Waals surface area contributed by atoms with Crippen LogP contribution in [0.2, 0.25) is 0 Å². The molecular weight excluding hydrogens is 428 g/mol. The van der Waals surface area contributed by atoms with Gasteiger partial charge in [0.1, 0.15) is 11.5 Å². The van der Waals surface area contributed by atoms with Gasteiger partial charge in [-0.05, 0) is 35.9 Å². The number of aliphatic hydroxyl groups is 1. The quantitative estimate of drug-likeness (QED) is 0.660. The second kappa shape index (κ2) is 9.13. The second-order valence-electron chi connectivity index (χ2n) is 7.95. The molecule has 1 saturated heterocycles. The van der Waals surface area contributed by atoms with E-state index in [1.807, 2.05) is 6.07 Å². The normalized spacial score (nSPS) is 18.4. The van der Waals surface area contributed by atoms with Crippen molar-refractivity contribution in [2.45, 2.75) is 0 Å². The van der Waals surface area contributed by atoms with Crippen LogP contribution in [0, 0.1) is 0 Å². The summed E-state index contributed by atoms with van der Waals surface area (Å²) in [4.78, 5) is 29.1. The molecule has 1 N–H and O–H groups in total. The number of amides is 1. The lowest BCUT2D eigenvalue weighted by Gasteiger charge is -2.34. The van der Waals surface area contributed by atoms with E-state index >= 15 is 0 Å². The zero-order valence-corrected chi connectivity index (χ0v) is 18.0. The number of ether oxygens (including phenoxy) is 4. The van der Waals surface area contributed by atoms with Crippen LogP contribution in [0.5, 0.6) is 23.0 Å². The summed E-state index contributed by atoms with van der Waals surface area (Å²) in [6.45, 7) is 3.52. The number of nitrogens with zero attached hydrogens (tertiary/aromatic N) is 2. The number of Topliss-reactive ketones (excluding diaryl/α,β-unsaturated/α-hetero) is 1. The highest BCUT2D eigenvalue weighted by atomic mass is 16.7. The van der Waals surface area contributed by atoms with Crippen molar-refractivity contribution in [1.82, 2.24) is 9.80 Å². The van der Waals surface area contributed by atoms with Gasteiger partial charge >= 0.3 is 0 Å². The Morgan fingerprint density at radius 2 is 1.85 bits per heavy atom. The molecule has 2 aromatic carbocycles. The van der Waals surface area contributed by atoms with Gasteiger partial charge in [0.15, 0.2) is 23.9 Å². The molecule has 9 nitrogen and oxygen atoms in total. The summed E-state index contributed by atoms with van der Waals surface area (Å²) in [5.41, 5.74) is 1.21. The zero-order chi connectivity index (χ0) is 22.8. The van der Waals surface area contributed by atoms with Crippen LogP contribution >= 0.6 is 0 Å². The van der Waals surface area contributed by atoms with Crippen LogP contribution in [0.4, 0.5) is 0 Å². The van der Waals surface area contributed by atoms with Crippen LogP contribution in [-0.4, -0.2) is 79.3 Å². The van der Waals surface area contributed by atoms with Gasteiger partial charge in [-0.3, -0.25) is 14.5 Å². The van der Waals surface area contributed by atoms with Gasteiger partial charge in [0, 0.05) is 38.8 Å². The summed E-state index contributed by atoms with van der Waals surface area (Å²) in [7, 11) is 0. The van der Waals surface area contributed by atoms with Gasteiger partial charge in [0.25, 0.3) is 5.91 Å². The fourth-order valence-electron chi connectivity index (χ4n) is 4.01. The molecule has 0 radical (unpaired) electrons. The first-order chi connectivity index (χ1) is 16.1. The van der Waals surface area contributed by atoms with E-state index in [0.29, 0.717) is 48.2 Å². The molecule has 0 bridgehead atoms. The van der Waals surface area contributed by atoms with Crippen molar-refractivity contribution in [2.24, 2.45) is 0 Å². The molecule has 3 heterocycles. The number of β-amino-alcohol motifs (C(OH)–C–C–N with tert-alkyl or cyclic N) is 1. The summed E-state index contributed by atoms with van der Waals surface area (Å²) >= 11 is 0. The van der Waals surface area contributed by atoms with Crippen molar-refractivity contribution in [1.29, 1.82) is 0 Å². The number of hydrogen-bond acceptors (Lipinski definition) is 8. The molecule has 0 aliphatic carbocycles. The summed E-state index contributed by atoms with van der Waals surface area (Å²) in [5.74, 6) is 2.04. The summed E-state index contributed by atoms with van der Waals surface area (Å²) < 4.78 is 22.1. The minimum atomic E-state index is -0.217. The third kappa shape index (κ3) is 4.50.